The summed E-state index contributed by atoms with van der Waals surface area (Å²) >= 11 is 0. The molecule has 0 bridgehead atoms. The number of carbonyl (C=O) groups is 1. The Bertz CT molecular complexity index is 1460. The van der Waals surface area contributed by atoms with Crippen molar-refractivity contribution in [3.63, 3.8) is 0 Å². The second-order valence-corrected chi connectivity index (χ2v) is 12.4. The van der Waals surface area contributed by atoms with E-state index in [1.54, 1.807) is 12.4 Å². The third kappa shape index (κ3) is 7.74. The molecule has 3 aromatic rings. The number of likely N-dealkylation sites (N-methyl/N-ethyl adjacent to an activating group) is 1. The van der Waals surface area contributed by atoms with Gasteiger partial charge in [-0.25, -0.2) is 8.51 Å². The molecule has 0 radical (unpaired) electrons. The number of hydrogen-bond acceptors (Lipinski definition) is 7. The van der Waals surface area contributed by atoms with Gasteiger partial charge in [0.1, 0.15) is 22.5 Å². The number of rotatable bonds is 8. The van der Waals surface area contributed by atoms with Gasteiger partial charge in [-0.05, 0) is 76.2 Å². The highest BCUT2D eigenvalue weighted by Gasteiger charge is 2.21. The number of amides is 1. The monoisotopic (exact) mass is 562 g/mol. The standard InChI is InChI=1S/C30H38N6O3S/c1-21-16-22(17-29(37)34-23(19-31)20-33-30(2,3)4)6-9-27(21)39-28-10-11-32-26-8-7-24(18-25(26)28)40(38)36-14-12-35(5)13-15-36/h6-11,16,18-20H,12-15,17,31H2,1-5H3,(H,34,37)/b23-19+,33-20?. The first-order chi connectivity index (χ1) is 19.0. The van der Waals surface area contributed by atoms with Crippen molar-refractivity contribution in [1.82, 2.24) is 19.5 Å². The van der Waals surface area contributed by atoms with Crippen molar-refractivity contribution in [3.8, 4) is 11.5 Å². The summed E-state index contributed by atoms with van der Waals surface area (Å²) in [5.74, 6) is 1.11. The SMILES string of the molecule is Cc1cc(CC(=O)N/C(C=NC(C)(C)C)=C/N)ccc1Oc1ccnc2ccc(S(=O)N3CCN(C)CC3)cc12. The number of hydrogen-bond donors (Lipinski definition) is 2. The Labute approximate surface area is 238 Å². The van der Waals surface area contributed by atoms with E-state index in [-0.39, 0.29) is 17.9 Å². The fourth-order valence-corrected chi connectivity index (χ4v) is 5.42. The Kier molecular flexibility index (Phi) is 9.34. The predicted octanol–water partition coefficient (Wildman–Crippen LogP) is 3.93. The van der Waals surface area contributed by atoms with Crippen molar-refractivity contribution >= 4 is 34.0 Å². The smallest absolute Gasteiger partial charge is 0.228 e. The average molecular weight is 563 g/mol. The van der Waals surface area contributed by atoms with Crippen molar-refractivity contribution in [2.75, 3.05) is 33.2 Å². The van der Waals surface area contributed by atoms with Crippen LogP contribution in [0.5, 0.6) is 11.5 Å². The summed E-state index contributed by atoms with van der Waals surface area (Å²) in [7, 11) is 0.823. The number of benzene rings is 2. The van der Waals surface area contributed by atoms with E-state index in [1.165, 1.54) is 6.20 Å². The topological polar surface area (TPSA) is 113 Å². The number of piperazine rings is 1. The fraction of sp³-hybridized carbons (Fsp3) is 0.367. The molecule has 1 amide bonds. The molecule has 1 aromatic heterocycles. The quantitative estimate of drug-likeness (QED) is 0.402. The number of aliphatic imine (C=N–C) groups is 1. The van der Waals surface area contributed by atoms with Crippen LogP contribution in [0.2, 0.25) is 0 Å². The van der Waals surface area contributed by atoms with Crippen LogP contribution in [0.15, 0.2) is 70.4 Å². The van der Waals surface area contributed by atoms with Crippen LogP contribution < -0.4 is 15.8 Å². The van der Waals surface area contributed by atoms with Gasteiger partial charge in [0.2, 0.25) is 5.91 Å². The Morgan fingerprint density at radius 1 is 1.12 bits per heavy atom. The van der Waals surface area contributed by atoms with Gasteiger partial charge >= 0.3 is 0 Å². The molecule has 10 heteroatoms. The number of nitrogens with two attached hydrogens (primary N) is 1. The van der Waals surface area contributed by atoms with E-state index in [0.717, 1.165) is 53.1 Å². The Hall–Kier alpha value is -3.60. The van der Waals surface area contributed by atoms with Gasteiger partial charge in [0.05, 0.1) is 28.1 Å². The normalized spacial score (nSPS) is 16.4. The van der Waals surface area contributed by atoms with Gasteiger partial charge in [0.15, 0.2) is 0 Å². The maximum absolute atomic E-state index is 13.3. The maximum Gasteiger partial charge on any atom is 0.228 e. The molecule has 1 saturated heterocycles. The largest absolute Gasteiger partial charge is 0.456 e. The minimum absolute atomic E-state index is 0.182. The lowest BCUT2D eigenvalue weighted by molar-refractivity contribution is -0.119. The highest BCUT2D eigenvalue weighted by atomic mass is 32.2. The van der Waals surface area contributed by atoms with Crippen molar-refractivity contribution < 1.29 is 13.7 Å². The third-order valence-electron chi connectivity index (χ3n) is 6.45. The van der Waals surface area contributed by atoms with E-state index in [1.807, 2.05) is 74.5 Å². The van der Waals surface area contributed by atoms with Crippen molar-refractivity contribution in [2.45, 2.75) is 44.6 Å². The van der Waals surface area contributed by atoms with Crippen LogP contribution in [0.3, 0.4) is 0 Å². The number of nitrogens with zero attached hydrogens (tertiary/aromatic N) is 4. The van der Waals surface area contributed by atoms with Crippen molar-refractivity contribution in [2.24, 2.45) is 10.7 Å². The summed E-state index contributed by atoms with van der Waals surface area (Å²) in [6.07, 6.45) is 4.79. The summed E-state index contributed by atoms with van der Waals surface area (Å²) in [6.45, 7) is 11.1. The molecule has 0 aliphatic carbocycles. The van der Waals surface area contributed by atoms with Gasteiger partial charge in [0, 0.05) is 50.2 Å². The van der Waals surface area contributed by atoms with Crippen LogP contribution >= 0.6 is 0 Å². The summed E-state index contributed by atoms with van der Waals surface area (Å²) in [6, 6.07) is 13.1. The molecular formula is C30H38N6O3S. The minimum Gasteiger partial charge on any atom is -0.456 e. The predicted molar refractivity (Wildman–Crippen MR) is 161 cm³/mol. The lowest BCUT2D eigenvalue weighted by Crippen LogP contribution is -2.45. The molecule has 0 saturated carbocycles. The number of nitrogens with one attached hydrogen (secondary N) is 1. The minimum atomic E-state index is -1.25. The lowest BCUT2D eigenvalue weighted by atomic mass is 10.1. The molecule has 1 atom stereocenters. The van der Waals surface area contributed by atoms with E-state index < -0.39 is 11.0 Å². The number of aryl methyl sites for hydroxylation is 1. The number of carbonyl (C=O) groups excluding carboxylic acids is 1. The first-order valence-electron chi connectivity index (χ1n) is 13.3. The number of allylic oxidation sites excluding steroid dienone is 1. The first kappa shape index (κ1) is 29.4. The number of fused-ring (bicyclic) bond motifs is 1. The molecule has 1 fully saturated rings. The highest BCUT2D eigenvalue weighted by Crippen LogP contribution is 2.32. The highest BCUT2D eigenvalue weighted by molar-refractivity contribution is 7.82. The zero-order valence-electron chi connectivity index (χ0n) is 23.8. The van der Waals surface area contributed by atoms with Crippen LogP contribution in [0.1, 0.15) is 31.9 Å². The van der Waals surface area contributed by atoms with Crippen LogP contribution in [0, 0.1) is 6.92 Å². The van der Waals surface area contributed by atoms with Crippen LogP contribution in [-0.2, 0) is 22.2 Å². The molecule has 1 aliphatic rings. The van der Waals surface area contributed by atoms with Crippen molar-refractivity contribution in [1.29, 1.82) is 0 Å². The summed E-state index contributed by atoms with van der Waals surface area (Å²) in [4.78, 5) is 24.4. The number of pyridine rings is 1. The van der Waals surface area contributed by atoms with Gasteiger partial charge in [-0.15, -0.1) is 0 Å². The van der Waals surface area contributed by atoms with E-state index in [2.05, 4.69) is 27.2 Å². The summed E-state index contributed by atoms with van der Waals surface area (Å²) in [5, 5.41) is 3.60. The second-order valence-electron chi connectivity index (χ2n) is 10.9. The van der Waals surface area contributed by atoms with Crippen molar-refractivity contribution in [3.05, 3.63) is 71.7 Å². The van der Waals surface area contributed by atoms with Gasteiger partial charge in [-0.2, -0.15) is 0 Å². The summed E-state index contributed by atoms with van der Waals surface area (Å²) in [5.41, 5.74) is 8.34. The van der Waals surface area contributed by atoms with Gasteiger partial charge in [0.25, 0.3) is 0 Å². The molecule has 2 heterocycles. The summed E-state index contributed by atoms with van der Waals surface area (Å²) < 4.78 is 21.6. The lowest BCUT2D eigenvalue weighted by Gasteiger charge is -2.31. The van der Waals surface area contributed by atoms with Gasteiger partial charge in [-0.3, -0.25) is 14.8 Å². The van der Waals surface area contributed by atoms with Gasteiger partial charge in [-0.1, -0.05) is 12.1 Å². The number of ether oxygens (including phenoxy) is 1. The second kappa shape index (κ2) is 12.7. The molecule has 0 spiro atoms. The molecule has 1 aliphatic heterocycles. The van der Waals surface area contributed by atoms with Crippen LogP contribution in [0.4, 0.5) is 0 Å². The van der Waals surface area contributed by atoms with Gasteiger partial charge < -0.3 is 20.7 Å². The fourth-order valence-electron chi connectivity index (χ4n) is 4.23. The van der Waals surface area contributed by atoms with E-state index in [0.29, 0.717) is 17.2 Å². The average Bonchev–Trinajstić information content (AvgIpc) is 2.92. The Morgan fingerprint density at radius 2 is 1.88 bits per heavy atom. The molecule has 2 aromatic carbocycles. The van der Waals surface area contributed by atoms with E-state index in [9.17, 15) is 9.00 Å². The Morgan fingerprint density at radius 3 is 2.55 bits per heavy atom. The first-order valence-corrected chi connectivity index (χ1v) is 14.4. The van der Waals surface area contributed by atoms with E-state index in [4.69, 9.17) is 10.5 Å². The zero-order valence-corrected chi connectivity index (χ0v) is 24.6. The zero-order chi connectivity index (χ0) is 28.9. The number of aromatic nitrogens is 1. The van der Waals surface area contributed by atoms with Crippen LogP contribution in [-0.4, -0.2) is 69.3 Å². The molecule has 212 valence electrons. The van der Waals surface area contributed by atoms with Crippen LogP contribution in [0.25, 0.3) is 10.9 Å². The molecule has 40 heavy (non-hydrogen) atoms. The molecule has 9 nitrogen and oxygen atoms in total. The third-order valence-corrected chi connectivity index (χ3v) is 7.94. The molecule has 3 N–H and O–H groups in total. The Balaban J connectivity index is 1.48. The van der Waals surface area contributed by atoms with E-state index >= 15 is 0 Å². The molecular weight excluding hydrogens is 524 g/mol. The maximum atomic E-state index is 13.3. The molecule has 4 rings (SSSR count). The molecule has 1 unspecified atom stereocenters.